The summed E-state index contributed by atoms with van der Waals surface area (Å²) in [5.74, 6) is 0.0426. The fourth-order valence-corrected chi connectivity index (χ4v) is 4.70. The molecule has 0 atom stereocenters. The molecule has 2 nitrogen and oxygen atoms in total. The van der Waals surface area contributed by atoms with Crippen molar-refractivity contribution >= 4 is 14.1 Å². The van der Waals surface area contributed by atoms with Gasteiger partial charge in [0.05, 0.1) is 6.61 Å². The molecule has 1 aromatic rings. The van der Waals surface area contributed by atoms with Gasteiger partial charge in [0, 0.05) is 5.56 Å². The Bertz CT molecular complexity index is 400. The molecule has 0 aliphatic carbocycles. The van der Waals surface area contributed by atoms with Crippen molar-refractivity contribution in [3.63, 3.8) is 0 Å². The molecule has 0 aromatic heterocycles. The van der Waals surface area contributed by atoms with Crippen LogP contribution < -0.4 is 0 Å². The van der Waals surface area contributed by atoms with Gasteiger partial charge in [-0.1, -0.05) is 57.2 Å². The number of benzene rings is 1. The first-order valence-electron chi connectivity index (χ1n) is 7.07. The van der Waals surface area contributed by atoms with Crippen LogP contribution in [0.5, 0.6) is 0 Å². The van der Waals surface area contributed by atoms with Crippen LogP contribution in [0.1, 0.15) is 31.1 Å². The van der Waals surface area contributed by atoms with Gasteiger partial charge in [-0.2, -0.15) is 0 Å². The Labute approximate surface area is 117 Å². The zero-order chi connectivity index (χ0) is 14.1. The van der Waals surface area contributed by atoms with E-state index in [-0.39, 0.29) is 5.78 Å². The highest BCUT2D eigenvalue weighted by Crippen LogP contribution is 2.21. The minimum atomic E-state index is -1.53. The van der Waals surface area contributed by atoms with E-state index in [1.807, 2.05) is 36.4 Å². The molecule has 0 unspecified atom stereocenters. The molecule has 0 heterocycles. The molecule has 3 heteroatoms. The third-order valence-electron chi connectivity index (χ3n) is 3.75. The molecule has 0 aliphatic heterocycles. The summed E-state index contributed by atoms with van der Waals surface area (Å²) in [7, 11) is -1.53. The number of carbonyl (C=O) groups excluding carboxylic acids is 1. The Hall–Kier alpha value is -1.19. The monoisotopic (exact) mass is 276 g/mol. The van der Waals surface area contributed by atoms with Crippen LogP contribution in [0.4, 0.5) is 0 Å². The van der Waals surface area contributed by atoms with E-state index in [9.17, 15) is 4.79 Å². The average Bonchev–Trinajstić information content (AvgIpc) is 2.49. The largest absolute Gasteiger partial charge is 0.413 e. The number of allylic oxidation sites excluding steroid dienone is 1. The highest BCUT2D eigenvalue weighted by atomic mass is 28.4. The van der Waals surface area contributed by atoms with Gasteiger partial charge < -0.3 is 4.43 Å². The van der Waals surface area contributed by atoms with Crippen LogP contribution in [-0.4, -0.2) is 20.7 Å². The number of rotatable bonds is 8. The van der Waals surface area contributed by atoms with Gasteiger partial charge in [0.15, 0.2) is 14.1 Å². The van der Waals surface area contributed by atoms with E-state index >= 15 is 0 Å². The summed E-state index contributed by atoms with van der Waals surface area (Å²) in [5, 5.41) is 0. The highest BCUT2D eigenvalue weighted by molar-refractivity contribution is 6.73. The molecule has 104 valence electrons. The van der Waals surface area contributed by atoms with E-state index in [1.54, 1.807) is 6.08 Å². The van der Waals surface area contributed by atoms with E-state index < -0.39 is 8.32 Å². The molecular formula is C16H24O2Si. The van der Waals surface area contributed by atoms with Crippen LogP contribution in [0, 0.1) is 0 Å². The predicted octanol–water partition coefficient (Wildman–Crippen LogP) is 4.45. The maximum atomic E-state index is 11.8. The van der Waals surface area contributed by atoms with Crippen LogP contribution in [-0.2, 0) is 4.43 Å². The van der Waals surface area contributed by atoms with E-state index in [1.165, 1.54) is 0 Å². The molecule has 0 saturated heterocycles. The van der Waals surface area contributed by atoms with Gasteiger partial charge in [0.1, 0.15) is 0 Å². The Kier molecular flexibility index (Phi) is 6.74. The summed E-state index contributed by atoms with van der Waals surface area (Å²) in [6.07, 6.45) is 3.47. The normalized spacial score (nSPS) is 11.9. The van der Waals surface area contributed by atoms with Crippen molar-refractivity contribution in [1.82, 2.24) is 0 Å². The molecule has 1 rings (SSSR count). The van der Waals surface area contributed by atoms with E-state index in [4.69, 9.17) is 4.43 Å². The van der Waals surface area contributed by atoms with Crippen molar-refractivity contribution in [2.75, 3.05) is 6.61 Å². The van der Waals surface area contributed by atoms with Crippen molar-refractivity contribution in [2.24, 2.45) is 0 Å². The molecular weight excluding hydrogens is 252 g/mol. The zero-order valence-corrected chi connectivity index (χ0v) is 13.2. The second-order valence-corrected chi connectivity index (χ2v) is 9.46. The molecule has 19 heavy (non-hydrogen) atoms. The quantitative estimate of drug-likeness (QED) is 0.398. The number of ketones is 1. The predicted molar refractivity (Wildman–Crippen MR) is 83.1 cm³/mol. The molecule has 0 bridgehead atoms. The van der Waals surface area contributed by atoms with Crippen molar-refractivity contribution in [2.45, 2.75) is 38.9 Å². The topological polar surface area (TPSA) is 26.3 Å². The second-order valence-electron chi connectivity index (χ2n) is 4.69. The van der Waals surface area contributed by atoms with Crippen molar-refractivity contribution in [1.29, 1.82) is 0 Å². The first kappa shape index (κ1) is 15.9. The Morgan fingerprint density at radius 2 is 1.68 bits per heavy atom. The van der Waals surface area contributed by atoms with Crippen LogP contribution in [0.25, 0.3) is 0 Å². The van der Waals surface area contributed by atoms with Gasteiger partial charge in [-0.3, -0.25) is 4.79 Å². The van der Waals surface area contributed by atoms with Crippen LogP contribution in [0.2, 0.25) is 18.1 Å². The number of carbonyl (C=O) groups is 1. The van der Waals surface area contributed by atoms with Crippen molar-refractivity contribution in [3.8, 4) is 0 Å². The lowest BCUT2D eigenvalue weighted by molar-refractivity contribution is 0.104. The second kappa shape index (κ2) is 8.07. The minimum absolute atomic E-state index is 0.0426. The van der Waals surface area contributed by atoms with E-state index in [0.717, 1.165) is 23.7 Å². The third kappa shape index (κ3) is 4.77. The molecule has 0 N–H and O–H groups in total. The van der Waals surface area contributed by atoms with Crippen LogP contribution in [0.3, 0.4) is 0 Å². The molecule has 0 aliphatic rings. The number of hydrogen-bond acceptors (Lipinski definition) is 2. The third-order valence-corrected chi connectivity index (χ3v) is 8.39. The van der Waals surface area contributed by atoms with Gasteiger partial charge in [-0.15, -0.1) is 0 Å². The Morgan fingerprint density at radius 3 is 2.21 bits per heavy atom. The van der Waals surface area contributed by atoms with Crippen LogP contribution >= 0.6 is 0 Å². The first-order chi connectivity index (χ1) is 9.17. The molecule has 0 saturated carbocycles. The Balaban J connectivity index is 2.49. The molecule has 0 fully saturated rings. The molecule has 0 radical (unpaired) electrons. The summed E-state index contributed by atoms with van der Waals surface area (Å²) >= 11 is 0. The average molecular weight is 276 g/mol. The number of hydrogen-bond donors (Lipinski definition) is 0. The fraction of sp³-hybridized carbons (Fsp3) is 0.438. The SMILES string of the molecule is CC[Si](CC)(CC)OC/C=C/C(=O)c1ccccc1. The lowest BCUT2D eigenvalue weighted by Gasteiger charge is -2.27. The maximum Gasteiger partial charge on any atom is 0.192 e. The Morgan fingerprint density at radius 1 is 1.11 bits per heavy atom. The zero-order valence-electron chi connectivity index (χ0n) is 12.2. The lowest BCUT2D eigenvalue weighted by atomic mass is 10.1. The van der Waals surface area contributed by atoms with E-state index in [0.29, 0.717) is 6.61 Å². The van der Waals surface area contributed by atoms with E-state index in [2.05, 4.69) is 20.8 Å². The lowest BCUT2D eigenvalue weighted by Crippen LogP contribution is -2.35. The summed E-state index contributed by atoms with van der Waals surface area (Å²) < 4.78 is 6.06. The minimum Gasteiger partial charge on any atom is -0.413 e. The van der Waals surface area contributed by atoms with Gasteiger partial charge >= 0.3 is 0 Å². The first-order valence-corrected chi connectivity index (χ1v) is 9.60. The van der Waals surface area contributed by atoms with Crippen molar-refractivity contribution in [3.05, 3.63) is 48.0 Å². The molecule has 1 aromatic carbocycles. The van der Waals surface area contributed by atoms with Crippen LogP contribution in [0.15, 0.2) is 42.5 Å². The molecule has 0 spiro atoms. The smallest absolute Gasteiger partial charge is 0.192 e. The van der Waals surface area contributed by atoms with Gasteiger partial charge in [-0.25, -0.2) is 0 Å². The fourth-order valence-electron chi connectivity index (χ4n) is 2.13. The summed E-state index contributed by atoms with van der Waals surface area (Å²) in [5.41, 5.74) is 0.726. The highest BCUT2D eigenvalue weighted by Gasteiger charge is 2.27. The summed E-state index contributed by atoms with van der Waals surface area (Å²) in [6, 6.07) is 12.7. The molecule has 0 amide bonds. The maximum absolute atomic E-state index is 11.8. The summed E-state index contributed by atoms with van der Waals surface area (Å²) in [6.45, 7) is 7.18. The van der Waals surface area contributed by atoms with Gasteiger partial charge in [0.2, 0.25) is 0 Å². The van der Waals surface area contributed by atoms with Gasteiger partial charge in [0.25, 0.3) is 0 Å². The summed E-state index contributed by atoms with van der Waals surface area (Å²) in [4.78, 5) is 11.8. The van der Waals surface area contributed by atoms with Crippen molar-refractivity contribution < 1.29 is 9.22 Å². The van der Waals surface area contributed by atoms with Gasteiger partial charge in [-0.05, 0) is 24.2 Å². The standard InChI is InChI=1S/C16H24O2Si/c1-4-19(5-2,6-3)18-14-10-13-16(17)15-11-8-7-9-12-15/h7-13H,4-6,14H2,1-3H3/b13-10+.